The van der Waals surface area contributed by atoms with Gasteiger partial charge in [-0.25, -0.2) is 4.98 Å². The SMILES string of the molecule is Cc1ccc2c(N)c(C(=O)N[C@H]3CCc4cc(N5CC6CCCC(C5)O6)c(C#N)cc4C3)sc2n1. The van der Waals surface area contributed by atoms with Gasteiger partial charge < -0.3 is 20.7 Å². The largest absolute Gasteiger partial charge is 0.397 e. The first-order chi connectivity index (χ1) is 17.0. The van der Waals surface area contributed by atoms with Gasteiger partial charge in [0.15, 0.2) is 0 Å². The summed E-state index contributed by atoms with van der Waals surface area (Å²) in [4.78, 5) is 21.3. The van der Waals surface area contributed by atoms with Crippen LogP contribution < -0.4 is 16.0 Å². The van der Waals surface area contributed by atoms with Crippen LogP contribution in [0.25, 0.3) is 10.2 Å². The Morgan fingerprint density at radius 2 is 2.03 bits per heavy atom. The number of morpholine rings is 1. The lowest BCUT2D eigenvalue weighted by atomic mass is 9.86. The molecule has 2 bridgehead atoms. The van der Waals surface area contributed by atoms with Gasteiger partial charge in [0.1, 0.15) is 15.8 Å². The molecule has 0 saturated carbocycles. The van der Waals surface area contributed by atoms with E-state index in [0.29, 0.717) is 22.5 Å². The summed E-state index contributed by atoms with van der Waals surface area (Å²) in [7, 11) is 0. The average molecular weight is 488 g/mol. The van der Waals surface area contributed by atoms with Gasteiger partial charge in [-0.1, -0.05) is 0 Å². The second kappa shape index (κ2) is 8.81. The number of nitriles is 1. The molecule has 3 N–H and O–H groups in total. The number of hydrogen-bond acceptors (Lipinski definition) is 7. The fourth-order valence-corrected chi connectivity index (χ4v) is 6.84. The minimum Gasteiger partial charge on any atom is -0.397 e. The average Bonchev–Trinajstić information content (AvgIpc) is 3.18. The minimum atomic E-state index is -0.145. The number of aromatic nitrogens is 1. The molecule has 180 valence electrons. The van der Waals surface area contributed by atoms with Crippen LogP contribution in [0.5, 0.6) is 0 Å². The number of nitrogens with two attached hydrogens (primary N) is 1. The molecule has 2 saturated heterocycles. The van der Waals surface area contributed by atoms with Crippen LogP contribution in [-0.4, -0.2) is 42.2 Å². The number of amides is 1. The molecule has 3 atom stereocenters. The Labute approximate surface area is 208 Å². The number of fused-ring (bicyclic) bond motifs is 4. The molecule has 1 aromatic carbocycles. The second-order valence-corrected chi connectivity index (χ2v) is 11.0. The molecule has 0 spiro atoms. The van der Waals surface area contributed by atoms with Crippen molar-refractivity contribution in [1.29, 1.82) is 5.26 Å². The first kappa shape index (κ1) is 22.3. The van der Waals surface area contributed by atoms with Crippen LogP contribution in [-0.2, 0) is 17.6 Å². The third-order valence-electron chi connectivity index (χ3n) is 7.57. The highest BCUT2D eigenvalue weighted by molar-refractivity contribution is 7.21. The van der Waals surface area contributed by atoms with E-state index in [1.165, 1.54) is 23.3 Å². The van der Waals surface area contributed by atoms with Gasteiger partial charge in [-0.05, 0) is 80.8 Å². The van der Waals surface area contributed by atoms with Gasteiger partial charge in [-0.15, -0.1) is 11.3 Å². The summed E-state index contributed by atoms with van der Waals surface area (Å²) in [5, 5.41) is 14.0. The van der Waals surface area contributed by atoms with E-state index in [1.807, 2.05) is 25.1 Å². The van der Waals surface area contributed by atoms with Crippen LogP contribution in [0.15, 0.2) is 24.3 Å². The summed E-state index contributed by atoms with van der Waals surface area (Å²) in [5.41, 5.74) is 11.9. The molecular weight excluding hydrogens is 458 g/mol. The van der Waals surface area contributed by atoms with Crippen LogP contribution in [0.2, 0.25) is 0 Å². The lowest BCUT2D eigenvalue weighted by Gasteiger charge is -2.43. The number of anilines is 2. The molecule has 3 aliphatic rings. The molecule has 35 heavy (non-hydrogen) atoms. The third kappa shape index (κ3) is 4.13. The summed E-state index contributed by atoms with van der Waals surface area (Å²) < 4.78 is 6.10. The molecule has 3 aromatic rings. The number of nitrogens with one attached hydrogen (secondary N) is 1. The molecule has 4 heterocycles. The van der Waals surface area contributed by atoms with Crippen molar-refractivity contribution in [2.24, 2.45) is 0 Å². The highest BCUT2D eigenvalue weighted by Gasteiger charge is 2.33. The third-order valence-corrected chi connectivity index (χ3v) is 8.68. The number of ether oxygens (including phenoxy) is 1. The van der Waals surface area contributed by atoms with Crippen molar-refractivity contribution in [2.75, 3.05) is 23.7 Å². The van der Waals surface area contributed by atoms with E-state index in [-0.39, 0.29) is 24.2 Å². The monoisotopic (exact) mass is 487 g/mol. The van der Waals surface area contributed by atoms with E-state index in [4.69, 9.17) is 10.5 Å². The standard InChI is InChI=1S/C27H29N5O2S/c1-15-5-8-22-24(29)25(35-27(22)30-15)26(33)31-19-7-6-16-11-23(18(12-28)9-17(16)10-19)32-13-20-3-2-4-21(14-32)34-20/h5,8-9,11,19-21H,2-4,6-7,10,13-14,29H2,1H3,(H,31,33)/t19-,20?,21?/m0/s1. The summed E-state index contributed by atoms with van der Waals surface area (Å²) in [6, 6.07) is 10.5. The van der Waals surface area contributed by atoms with E-state index in [9.17, 15) is 10.1 Å². The van der Waals surface area contributed by atoms with Gasteiger partial charge in [0.05, 0.1) is 29.1 Å². The summed E-state index contributed by atoms with van der Waals surface area (Å²) in [5.74, 6) is -0.145. The molecule has 1 amide bonds. The predicted molar refractivity (Wildman–Crippen MR) is 138 cm³/mol. The summed E-state index contributed by atoms with van der Waals surface area (Å²) in [6.07, 6.45) is 6.42. The zero-order chi connectivity index (χ0) is 24.1. The molecule has 2 aliphatic heterocycles. The van der Waals surface area contributed by atoms with E-state index in [1.54, 1.807) is 0 Å². The molecule has 7 nitrogen and oxygen atoms in total. The number of nitrogens with zero attached hydrogens (tertiary/aromatic N) is 3. The molecular formula is C27H29N5O2S. The predicted octanol–water partition coefficient (Wildman–Crippen LogP) is 4.10. The second-order valence-electron chi connectivity index (χ2n) is 10.0. The highest BCUT2D eigenvalue weighted by atomic mass is 32.1. The minimum absolute atomic E-state index is 0.00874. The van der Waals surface area contributed by atoms with Crippen LogP contribution in [0, 0.1) is 18.3 Å². The van der Waals surface area contributed by atoms with Crippen LogP contribution in [0.4, 0.5) is 11.4 Å². The van der Waals surface area contributed by atoms with Gasteiger partial charge in [0.25, 0.3) is 5.91 Å². The van der Waals surface area contributed by atoms with Gasteiger partial charge in [-0.2, -0.15) is 5.26 Å². The first-order valence-electron chi connectivity index (χ1n) is 12.4. The number of nitrogen functional groups attached to an aromatic ring is 1. The van der Waals surface area contributed by atoms with Crippen molar-refractivity contribution in [2.45, 2.75) is 63.7 Å². The van der Waals surface area contributed by atoms with E-state index in [2.05, 4.69) is 27.3 Å². The number of hydrogen-bond donors (Lipinski definition) is 2. The van der Waals surface area contributed by atoms with Crippen molar-refractivity contribution < 1.29 is 9.53 Å². The summed E-state index contributed by atoms with van der Waals surface area (Å²) in [6.45, 7) is 3.64. The Hall–Kier alpha value is -3.15. The van der Waals surface area contributed by atoms with Crippen molar-refractivity contribution >= 4 is 38.8 Å². The molecule has 2 unspecified atom stereocenters. The fourth-order valence-electron chi connectivity index (χ4n) is 5.79. The number of aryl methyl sites for hydroxylation is 2. The normalized spacial score (nSPS) is 23.5. The Morgan fingerprint density at radius 3 is 2.80 bits per heavy atom. The van der Waals surface area contributed by atoms with E-state index in [0.717, 1.165) is 65.9 Å². The van der Waals surface area contributed by atoms with Crippen molar-refractivity contribution in [1.82, 2.24) is 10.3 Å². The number of rotatable bonds is 3. The Bertz CT molecular complexity index is 1350. The lowest BCUT2D eigenvalue weighted by molar-refractivity contribution is -0.0605. The number of pyridine rings is 1. The van der Waals surface area contributed by atoms with Crippen molar-refractivity contribution in [3.05, 3.63) is 51.5 Å². The molecule has 6 rings (SSSR count). The van der Waals surface area contributed by atoms with Crippen LogP contribution in [0.3, 0.4) is 0 Å². The van der Waals surface area contributed by atoms with E-state index >= 15 is 0 Å². The van der Waals surface area contributed by atoms with E-state index < -0.39 is 0 Å². The quantitative estimate of drug-likeness (QED) is 0.576. The number of carbonyl (C=O) groups is 1. The number of carbonyl (C=O) groups excluding carboxylic acids is 1. The maximum Gasteiger partial charge on any atom is 0.263 e. The topological polar surface area (TPSA) is 104 Å². The molecule has 0 radical (unpaired) electrons. The number of thiophene rings is 1. The summed E-state index contributed by atoms with van der Waals surface area (Å²) >= 11 is 1.34. The van der Waals surface area contributed by atoms with Crippen LogP contribution in [0.1, 0.15) is 57.7 Å². The van der Waals surface area contributed by atoms with Gasteiger partial charge in [0.2, 0.25) is 0 Å². The zero-order valence-electron chi connectivity index (χ0n) is 19.8. The van der Waals surface area contributed by atoms with Gasteiger partial charge in [-0.3, -0.25) is 4.79 Å². The van der Waals surface area contributed by atoms with Crippen molar-refractivity contribution in [3.63, 3.8) is 0 Å². The first-order valence-corrected chi connectivity index (χ1v) is 13.2. The van der Waals surface area contributed by atoms with Crippen molar-refractivity contribution in [3.8, 4) is 6.07 Å². The maximum absolute atomic E-state index is 13.1. The Balaban J connectivity index is 1.20. The zero-order valence-corrected chi connectivity index (χ0v) is 20.7. The Morgan fingerprint density at radius 1 is 1.23 bits per heavy atom. The molecule has 2 fully saturated rings. The number of benzene rings is 1. The smallest absolute Gasteiger partial charge is 0.263 e. The lowest BCUT2D eigenvalue weighted by Crippen LogP contribution is -2.50. The van der Waals surface area contributed by atoms with Gasteiger partial charge >= 0.3 is 0 Å². The van der Waals surface area contributed by atoms with Crippen LogP contribution >= 0.6 is 11.3 Å². The molecule has 8 heteroatoms. The fraction of sp³-hybridized carbons (Fsp3) is 0.444. The highest BCUT2D eigenvalue weighted by Crippen LogP contribution is 2.35. The maximum atomic E-state index is 13.1. The Kier molecular flexibility index (Phi) is 5.62. The molecule has 2 aromatic heterocycles. The molecule has 1 aliphatic carbocycles. The van der Waals surface area contributed by atoms with Gasteiger partial charge in [0, 0.05) is 30.2 Å².